The van der Waals surface area contributed by atoms with Gasteiger partial charge in [-0.15, -0.1) is 0 Å². The maximum absolute atomic E-state index is 10.8. The highest BCUT2D eigenvalue weighted by Gasteiger charge is 2.55. The van der Waals surface area contributed by atoms with Crippen LogP contribution in [-0.4, -0.2) is 58.6 Å². The Hall–Kier alpha value is -1.32. The summed E-state index contributed by atoms with van der Waals surface area (Å²) >= 11 is 3.52. The molecule has 1 aliphatic heterocycles. The van der Waals surface area contributed by atoms with Gasteiger partial charge in [-0.05, 0) is 54.2 Å². The van der Waals surface area contributed by atoms with Crippen LogP contribution >= 0.6 is 15.9 Å². The number of aliphatic hydroxyl groups excluding tert-OH is 4. The monoisotopic (exact) mass is 480 g/mol. The van der Waals surface area contributed by atoms with Crippen molar-refractivity contribution in [3.05, 3.63) is 68.7 Å². The Bertz CT molecular complexity index is 869. The van der Waals surface area contributed by atoms with Gasteiger partial charge in [0.15, 0.2) is 0 Å². The third-order valence-electron chi connectivity index (χ3n) is 5.88. The van der Waals surface area contributed by atoms with E-state index in [1.165, 1.54) is 12.7 Å². The molecule has 0 unspecified atom stereocenters. The summed E-state index contributed by atoms with van der Waals surface area (Å²) in [6.45, 7) is 3.58. The zero-order valence-corrected chi connectivity index (χ0v) is 19.0. The van der Waals surface area contributed by atoms with Crippen LogP contribution < -0.4 is 0 Å². The van der Waals surface area contributed by atoms with Gasteiger partial charge in [0.1, 0.15) is 24.4 Å². The van der Waals surface area contributed by atoms with Crippen molar-refractivity contribution in [3.63, 3.8) is 0 Å². The highest BCUT2D eigenvalue weighted by Crippen LogP contribution is 2.43. The van der Waals surface area contributed by atoms with Crippen molar-refractivity contribution in [1.29, 1.82) is 0 Å². The van der Waals surface area contributed by atoms with E-state index < -0.39 is 36.8 Å². The lowest BCUT2D eigenvalue weighted by Crippen LogP contribution is -2.64. The molecule has 7 heteroatoms. The fourth-order valence-electron chi connectivity index (χ4n) is 3.93. The molecule has 2 aromatic carbocycles. The molecule has 2 aromatic rings. The highest BCUT2D eigenvalue weighted by atomic mass is 79.9. The van der Waals surface area contributed by atoms with Crippen molar-refractivity contribution in [1.82, 2.24) is 0 Å². The molecule has 1 fully saturated rings. The first-order chi connectivity index (χ1) is 14.3. The smallest absolute Gasteiger partial charge is 0.225 e. The second kappa shape index (κ2) is 9.44. The predicted molar refractivity (Wildman–Crippen MR) is 116 cm³/mol. The van der Waals surface area contributed by atoms with E-state index >= 15 is 0 Å². The normalized spacial score (nSPS) is 29.2. The lowest BCUT2D eigenvalue weighted by Gasteiger charge is -2.48. The van der Waals surface area contributed by atoms with E-state index in [4.69, 9.17) is 9.47 Å². The van der Waals surface area contributed by atoms with E-state index in [0.717, 1.165) is 23.1 Å². The lowest BCUT2D eigenvalue weighted by atomic mass is 9.86. The van der Waals surface area contributed by atoms with Crippen LogP contribution in [0.25, 0.3) is 0 Å². The van der Waals surface area contributed by atoms with Crippen LogP contribution in [0.3, 0.4) is 0 Å². The van der Waals surface area contributed by atoms with Crippen molar-refractivity contribution in [2.75, 3.05) is 13.7 Å². The molecule has 0 saturated carbocycles. The molecule has 0 radical (unpaired) electrons. The first kappa shape index (κ1) is 23.3. The first-order valence-electron chi connectivity index (χ1n) is 10.0. The third-order valence-corrected chi connectivity index (χ3v) is 6.54. The number of halogens is 1. The van der Waals surface area contributed by atoms with E-state index in [2.05, 4.69) is 47.1 Å². The van der Waals surface area contributed by atoms with Crippen LogP contribution in [0.15, 0.2) is 40.9 Å². The van der Waals surface area contributed by atoms with Crippen molar-refractivity contribution in [2.24, 2.45) is 0 Å². The van der Waals surface area contributed by atoms with Crippen LogP contribution in [0.4, 0.5) is 0 Å². The molecule has 164 valence electrons. The first-order valence-corrected chi connectivity index (χ1v) is 10.8. The second-order valence-electron chi connectivity index (χ2n) is 7.74. The molecule has 0 aliphatic carbocycles. The molecule has 5 atom stereocenters. The summed E-state index contributed by atoms with van der Waals surface area (Å²) < 4.78 is 12.1. The van der Waals surface area contributed by atoms with Gasteiger partial charge in [0, 0.05) is 17.1 Å². The molecule has 0 spiro atoms. The number of hydrogen-bond acceptors (Lipinski definition) is 6. The summed E-state index contributed by atoms with van der Waals surface area (Å²) in [5.41, 5.74) is 4.94. The van der Waals surface area contributed by atoms with Crippen molar-refractivity contribution >= 4 is 15.9 Å². The lowest BCUT2D eigenvalue weighted by molar-refractivity contribution is -0.366. The molecule has 4 N–H and O–H groups in total. The maximum atomic E-state index is 10.8. The SMILES string of the molecule is CCc1ccc(Cc2cc([C@]3(OC)O[C@H](CO)[C@@H](O)[C@H](O)[C@H]3O)c(Br)cc2C)cc1. The Morgan fingerprint density at radius 1 is 1.07 bits per heavy atom. The van der Waals surface area contributed by atoms with Crippen LogP contribution in [0.2, 0.25) is 0 Å². The minimum atomic E-state index is -1.75. The average Bonchev–Trinajstić information content (AvgIpc) is 2.75. The summed E-state index contributed by atoms with van der Waals surface area (Å²) in [7, 11) is 1.36. The molecule has 0 aromatic heterocycles. The molecule has 1 aliphatic rings. The van der Waals surface area contributed by atoms with Crippen LogP contribution in [0.1, 0.15) is 34.7 Å². The number of methoxy groups -OCH3 is 1. The molecular formula is C23H29BrO6. The Balaban J connectivity index is 2.04. The minimum absolute atomic E-state index is 0.479. The van der Waals surface area contributed by atoms with Gasteiger partial charge in [-0.1, -0.05) is 47.1 Å². The van der Waals surface area contributed by atoms with Gasteiger partial charge in [0.2, 0.25) is 5.79 Å². The summed E-state index contributed by atoms with van der Waals surface area (Å²) in [4.78, 5) is 0. The third kappa shape index (κ3) is 4.21. The molecular weight excluding hydrogens is 452 g/mol. The zero-order chi connectivity index (χ0) is 22.1. The summed E-state index contributed by atoms with van der Waals surface area (Å²) in [5.74, 6) is -1.75. The number of aryl methyl sites for hydroxylation is 2. The van der Waals surface area contributed by atoms with Gasteiger partial charge < -0.3 is 29.9 Å². The zero-order valence-electron chi connectivity index (χ0n) is 17.4. The summed E-state index contributed by atoms with van der Waals surface area (Å²) in [6, 6.07) is 12.2. The quantitative estimate of drug-likeness (QED) is 0.505. The molecule has 1 saturated heterocycles. The fourth-order valence-corrected chi connectivity index (χ4v) is 4.66. The highest BCUT2D eigenvalue weighted by molar-refractivity contribution is 9.10. The van der Waals surface area contributed by atoms with Crippen molar-refractivity contribution in [2.45, 2.75) is 56.9 Å². The molecule has 1 heterocycles. The molecule has 0 bridgehead atoms. The minimum Gasteiger partial charge on any atom is -0.394 e. The van der Waals surface area contributed by atoms with Crippen molar-refractivity contribution in [3.8, 4) is 0 Å². The summed E-state index contributed by atoms with van der Waals surface area (Å²) in [5, 5.41) is 40.9. The van der Waals surface area contributed by atoms with E-state index in [1.807, 2.05) is 19.1 Å². The van der Waals surface area contributed by atoms with Crippen LogP contribution in [-0.2, 0) is 28.1 Å². The standard InChI is InChI=1S/C23H29BrO6/c1-4-14-5-7-15(8-6-14)10-16-11-17(18(24)9-13(16)2)23(29-3)22(28)21(27)20(26)19(12-25)30-23/h5-9,11,19-22,25-28H,4,10,12H2,1-3H3/t19-,20-,21+,22-,23+/m1/s1. The fraction of sp³-hybridized carbons (Fsp3) is 0.478. The van der Waals surface area contributed by atoms with Gasteiger partial charge in [-0.2, -0.15) is 0 Å². The van der Waals surface area contributed by atoms with Gasteiger partial charge in [0.05, 0.1) is 6.61 Å². The Morgan fingerprint density at radius 3 is 2.27 bits per heavy atom. The van der Waals surface area contributed by atoms with E-state index in [9.17, 15) is 20.4 Å². The molecule has 0 amide bonds. The maximum Gasteiger partial charge on any atom is 0.225 e. The van der Waals surface area contributed by atoms with Crippen molar-refractivity contribution < 1.29 is 29.9 Å². The van der Waals surface area contributed by atoms with Gasteiger partial charge >= 0.3 is 0 Å². The number of hydrogen-bond donors (Lipinski definition) is 4. The van der Waals surface area contributed by atoms with Gasteiger partial charge in [-0.25, -0.2) is 0 Å². The largest absolute Gasteiger partial charge is 0.394 e. The van der Waals surface area contributed by atoms with E-state index in [-0.39, 0.29) is 0 Å². The number of rotatable bonds is 6. The molecule has 3 rings (SSSR count). The Kier molecular flexibility index (Phi) is 7.35. The Labute approximate surface area is 185 Å². The number of ether oxygens (including phenoxy) is 2. The molecule has 30 heavy (non-hydrogen) atoms. The predicted octanol–water partition coefficient (Wildman–Crippen LogP) is 2.18. The average molecular weight is 481 g/mol. The Morgan fingerprint density at radius 2 is 1.70 bits per heavy atom. The second-order valence-corrected chi connectivity index (χ2v) is 8.60. The van der Waals surface area contributed by atoms with Crippen LogP contribution in [0, 0.1) is 6.92 Å². The molecule has 6 nitrogen and oxygen atoms in total. The van der Waals surface area contributed by atoms with Crippen LogP contribution in [0.5, 0.6) is 0 Å². The van der Waals surface area contributed by atoms with Gasteiger partial charge in [0.25, 0.3) is 0 Å². The van der Waals surface area contributed by atoms with E-state index in [0.29, 0.717) is 16.5 Å². The number of aliphatic hydroxyl groups is 4. The topological polar surface area (TPSA) is 99.4 Å². The van der Waals surface area contributed by atoms with E-state index in [1.54, 1.807) is 0 Å². The number of benzene rings is 2. The summed E-state index contributed by atoms with van der Waals surface area (Å²) in [6.07, 6.45) is -4.01. The van der Waals surface area contributed by atoms with Gasteiger partial charge in [-0.3, -0.25) is 0 Å².